The molecule has 0 aromatic heterocycles. The molecule has 0 aliphatic heterocycles. The zero-order valence-electron chi connectivity index (χ0n) is 13.6. The SMILES string of the molecule is Cc1cc(C)c(NC(=O)C(=O)Nc2ccc(Br)c(C)c2)c(C)c1. The Hall–Kier alpha value is -2.14. The first-order chi connectivity index (χ1) is 10.8. The molecular weight excluding hydrogens is 356 g/mol. The van der Waals surface area contributed by atoms with Crippen molar-refractivity contribution in [1.29, 1.82) is 0 Å². The zero-order chi connectivity index (χ0) is 17.1. The van der Waals surface area contributed by atoms with E-state index in [1.165, 1.54) is 0 Å². The van der Waals surface area contributed by atoms with Crippen LogP contribution in [0.2, 0.25) is 0 Å². The maximum atomic E-state index is 12.1. The first-order valence-corrected chi connectivity index (χ1v) is 8.03. The molecule has 120 valence electrons. The van der Waals surface area contributed by atoms with Crippen LogP contribution in [0.25, 0.3) is 0 Å². The van der Waals surface area contributed by atoms with Crippen molar-refractivity contribution in [2.24, 2.45) is 0 Å². The van der Waals surface area contributed by atoms with E-state index in [0.29, 0.717) is 11.4 Å². The number of carbonyl (C=O) groups excluding carboxylic acids is 2. The molecule has 0 atom stereocenters. The molecule has 0 saturated carbocycles. The van der Waals surface area contributed by atoms with Crippen LogP contribution in [0.5, 0.6) is 0 Å². The van der Waals surface area contributed by atoms with Crippen molar-refractivity contribution in [2.75, 3.05) is 10.6 Å². The van der Waals surface area contributed by atoms with Crippen molar-refractivity contribution in [2.45, 2.75) is 27.7 Å². The molecule has 2 rings (SSSR count). The highest BCUT2D eigenvalue weighted by molar-refractivity contribution is 9.10. The topological polar surface area (TPSA) is 58.2 Å². The van der Waals surface area contributed by atoms with Gasteiger partial charge in [-0.2, -0.15) is 0 Å². The Balaban J connectivity index is 2.11. The van der Waals surface area contributed by atoms with Crippen LogP contribution in [0.4, 0.5) is 11.4 Å². The first kappa shape index (κ1) is 17.2. The van der Waals surface area contributed by atoms with Gasteiger partial charge in [0.1, 0.15) is 0 Å². The first-order valence-electron chi connectivity index (χ1n) is 7.24. The number of aryl methyl sites for hydroxylation is 4. The van der Waals surface area contributed by atoms with Crippen LogP contribution in [0.1, 0.15) is 22.3 Å². The van der Waals surface area contributed by atoms with Crippen molar-refractivity contribution >= 4 is 39.1 Å². The number of hydrogen-bond acceptors (Lipinski definition) is 2. The van der Waals surface area contributed by atoms with Gasteiger partial charge >= 0.3 is 11.8 Å². The summed E-state index contributed by atoms with van der Waals surface area (Å²) < 4.78 is 0.950. The van der Waals surface area contributed by atoms with Gasteiger partial charge in [-0.1, -0.05) is 33.6 Å². The molecule has 0 bridgehead atoms. The van der Waals surface area contributed by atoms with E-state index in [2.05, 4.69) is 26.6 Å². The highest BCUT2D eigenvalue weighted by Crippen LogP contribution is 2.22. The molecule has 2 amide bonds. The second kappa shape index (κ2) is 6.96. The molecule has 2 aromatic rings. The molecular formula is C18H19BrN2O2. The number of nitrogens with one attached hydrogen (secondary N) is 2. The summed E-state index contributed by atoms with van der Waals surface area (Å²) in [7, 11) is 0. The Bertz CT molecular complexity index is 762. The minimum Gasteiger partial charge on any atom is -0.318 e. The monoisotopic (exact) mass is 374 g/mol. The summed E-state index contributed by atoms with van der Waals surface area (Å²) in [5, 5.41) is 5.30. The summed E-state index contributed by atoms with van der Waals surface area (Å²) in [6.45, 7) is 7.73. The van der Waals surface area contributed by atoms with Crippen LogP contribution >= 0.6 is 15.9 Å². The van der Waals surface area contributed by atoms with E-state index in [4.69, 9.17) is 0 Å². The molecule has 2 aromatic carbocycles. The van der Waals surface area contributed by atoms with E-state index >= 15 is 0 Å². The average molecular weight is 375 g/mol. The van der Waals surface area contributed by atoms with Gasteiger partial charge in [0, 0.05) is 15.8 Å². The molecule has 0 spiro atoms. The normalized spacial score (nSPS) is 10.3. The summed E-state index contributed by atoms with van der Waals surface area (Å²) in [5.41, 5.74) is 5.23. The van der Waals surface area contributed by atoms with Crippen molar-refractivity contribution in [1.82, 2.24) is 0 Å². The highest BCUT2D eigenvalue weighted by atomic mass is 79.9. The molecule has 4 nitrogen and oxygen atoms in total. The van der Waals surface area contributed by atoms with E-state index in [1.807, 2.05) is 45.9 Å². The lowest BCUT2D eigenvalue weighted by atomic mass is 10.1. The maximum absolute atomic E-state index is 12.1. The standard InChI is InChI=1S/C18H19BrN2O2/c1-10-7-12(3)16(13(4)8-10)21-18(23)17(22)20-14-5-6-15(19)11(2)9-14/h5-9H,1-4H3,(H,20,22)(H,21,23). The molecule has 2 N–H and O–H groups in total. The fourth-order valence-corrected chi connectivity index (χ4v) is 2.70. The van der Waals surface area contributed by atoms with E-state index in [0.717, 1.165) is 26.7 Å². The number of amides is 2. The van der Waals surface area contributed by atoms with Gasteiger partial charge in [0.05, 0.1) is 0 Å². The minimum atomic E-state index is -0.689. The zero-order valence-corrected chi connectivity index (χ0v) is 15.2. The number of halogens is 1. The van der Waals surface area contributed by atoms with Crippen LogP contribution in [-0.4, -0.2) is 11.8 Å². The molecule has 0 unspecified atom stereocenters. The van der Waals surface area contributed by atoms with Gasteiger partial charge in [-0.3, -0.25) is 9.59 Å². The predicted molar refractivity (Wildman–Crippen MR) is 96.8 cm³/mol. The van der Waals surface area contributed by atoms with Crippen LogP contribution in [-0.2, 0) is 9.59 Å². The molecule has 0 aliphatic carbocycles. The second-order valence-corrected chi connectivity index (χ2v) is 6.50. The van der Waals surface area contributed by atoms with Gasteiger partial charge in [-0.05, 0) is 62.6 Å². The average Bonchev–Trinajstić information content (AvgIpc) is 2.46. The fraction of sp³-hybridized carbons (Fsp3) is 0.222. The Kier molecular flexibility index (Phi) is 5.21. The summed E-state index contributed by atoms with van der Waals surface area (Å²) in [5.74, 6) is -1.37. The third kappa shape index (κ3) is 4.20. The van der Waals surface area contributed by atoms with Gasteiger partial charge in [-0.15, -0.1) is 0 Å². The van der Waals surface area contributed by atoms with Crippen molar-refractivity contribution in [3.8, 4) is 0 Å². The minimum absolute atomic E-state index is 0.586. The van der Waals surface area contributed by atoms with Crippen molar-refractivity contribution in [3.05, 3.63) is 57.1 Å². The molecule has 5 heteroatoms. The van der Waals surface area contributed by atoms with Crippen LogP contribution < -0.4 is 10.6 Å². The van der Waals surface area contributed by atoms with Gasteiger partial charge in [0.2, 0.25) is 0 Å². The summed E-state index contributed by atoms with van der Waals surface area (Å²) >= 11 is 3.40. The molecule has 0 radical (unpaired) electrons. The summed E-state index contributed by atoms with van der Waals surface area (Å²) in [6, 6.07) is 9.32. The van der Waals surface area contributed by atoms with Crippen molar-refractivity contribution < 1.29 is 9.59 Å². The summed E-state index contributed by atoms with van der Waals surface area (Å²) in [6.07, 6.45) is 0. The Labute approximate surface area is 144 Å². The lowest BCUT2D eigenvalue weighted by molar-refractivity contribution is -0.133. The van der Waals surface area contributed by atoms with E-state index < -0.39 is 11.8 Å². The molecule has 0 heterocycles. The highest BCUT2D eigenvalue weighted by Gasteiger charge is 2.16. The fourth-order valence-electron chi connectivity index (χ4n) is 2.46. The largest absolute Gasteiger partial charge is 0.318 e. The van der Waals surface area contributed by atoms with E-state index in [-0.39, 0.29) is 0 Å². The van der Waals surface area contributed by atoms with Crippen LogP contribution in [0.3, 0.4) is 0 Å². The molecule has 23 heavy (non-hydrogen) atoms. The summed E-state index contributed by atoms with van der Waals surface area (Å²) in [4.78, 5) is 24.2. The quantitative estimate of drug-likeness (QED) is 0.771. The van der Waals surface area contributed by atoms with Gasteiger partial charge < -0.3 is 10.6 Å². The number of benzene rings is 2. The molecule has 0 fully saturated rings. The molecule has 0 saturated heterocycles. The number of rotatable bonds is 2. The third-order valence-electron chi connectivity index (χ3n) is 3.54. The van der Waals surface area contributed by atoms with E-state index in [9.17, 15) is 9.59 Å². The molecule has 0 aliphatic rings. The van der Waals surface area contributed by atoms with Crippen molar-refractivity contribution in [3.63, 3.8) is 0 Å². The van der Waals surface area contributed by atoms with Crippen LogP contribution in [0, 0.1) is 27.7 Å². The number of carbonyl (C=O) groups is 2. The lowest BCUT2D eigenvalue weighted by Crippen LogP contribution is -2.29. The third-order valence-corrected chi connectivity index (χ3v) is 4.43. The van der Waals surface area contributed by atoms with Gasteiger partial charge in [0.25, 0.3) is 0 Å². The second-order valence-electron chi connectivity index (χ2n) is 5.65. The van der Waals surface area contributed by atoms with E-state index in [1.54, 1.807) is 12.1 Å². The Morgan fingerprint density at radius 3 is 1.96 bits per heavy atom. The van der Waals surface area contributed by atoms with Gasteiger partial charge in [0.15, 0.2) is 0 Å². The number of anilines is 2. The predicted octanol–water partition coefficient (Wildman–Crippen LogP) is 4.26. The maximum Gasteiger partial charge on any atom is 0.314 e. The number of hydrogen-bond donors (Lipinski definition) is 2. The Morgan fingerprint density at radius 2 is 1.39 bits per heavy atom. The van der Waals surface area contributed by atoms with Crippen LogP contribution in [0.15, 0.2) is 34.8 Å². The lowest BCUT2D eigenvalue weighted by Gasteiger charge is -2.13. The smallest absolute Gasteiger partial charge is 0.314 e. The Morgan fingerprint density at radius 1 is 0.826 bits per heavy atom. The van der Waals surface area contributed by atoms with Gasteiger partial charge in [-0.25, -0.2) is 0 Å².